The Morgan fingerprint density at radius 1 is 1.21 bits per heavy atom. The monoisotopic (exact) mass is 378 g/mol. The van der Waals surface area contributed by atoms with Gasteiger partial charge in [0, 0.05) is 23.2 Å². The Labute approximate surface area is 161 Å². The summed E-state index contributed by atoms with van der Waals surface area (Å²) in [6.45, 7) is 0.731. The van der Waals surface area contributed by atoms with Gasteiger partial charge in [0.05, 0.1) is 30.5 Å². The maximum Gasteiger partial charge on any atom is 0.267 e. The molecule has 1 aromatic carbocycles. The van der Waals surface area contributed by atoms with Gasteiger partial charge in [0.2, 0.25) is 0 Å². The van der Waals surface area contributed by atoms with Crippen LogP contribution >= 0.6 is 0 Å². The third kappa shape index (κ3) is 2.92. The number of benzene rings is 1. The fourth-order valence-electron chi connectivity index (χ4n) is 4.24. The highest BCUT2D eigenvalue weighted by atomic mass is 16.5. The van der Waals surface area contributed by atoms with Crippen molar-refractivity contribution in [2.75, 3.05) is 13.2 Å². The number of aromatic amines is 1. The second kappa shape index (κ2) is 6.91. The summed E-state index contributed by atoms with van der Waals surface area (Å²) in [7, 11) is 0. The smallest absolute Gasteiger partial charge is 0.267 e. The minimum atomic E-state index is -0.298. The van der Waals surface area contributed by atoms with E-state index in [4.69, 9.17) is 4.74 Å². The lowest BCUT2D eigenvalue weighted by Crippen LogP contribution is -2.44. The van der Waals surface area contributed by atoms with Crippen molar-refractivity contribution in [3.05, 3.63) is 63.7 Å². The number of para-hydroxylation sites is 1. The summed E-state index contributed by atoms with van der Waals surface area (Å²) in [6.07, 6.45) is 5.73. The molecule has 2 N–H and O–H groups in total. The topological polar surface area (TPSA) is 89.0 Å². The maximum atomic E-state index is 12.9. The van der Waals surface area contributed by atoms with Gasteiger partial charge in [-0.1, -0.05) is 18.2 Å². The van der Waals surface area contributed by atoms with Crippen LogP contribution in [0.4, 0.5) is 0 Å². The van der Waals surface area contributed by atoms with Crippen molar-refractivity contribution in [1.29, 1.82) is 0 Å². The van der Waals surface area contributed by atoms with Crippen LogP contribution in [0.2, 0.25) is 0 Å². The number of aromatic nitrogens is 3. The molecule has 2 aromatic heterocycles. The Morgan fingerprint density at radius 3 is 3.00 bits per heavy atom. The van der Waals surface area contributed by atoms with Gasteiger partial charge in [-0.15, -0.1) is 0 Å². The fraction of sp³-hybridized carbons (Fsp3) is 0.381. The van der Waals surface area contributed by atoms with Crippen LogP contribution in [0.25, 0.3) is 10.9 Å². The molecule has 0 radical (unpaired) electrons. The molecule has 7 heteroatoms. The number of nitrogens with one attached hydrogen (secondary N) is 2. The lowest BCUT2D eigenvalue weighted by Gasteiger charge is -2.22. The van der Waals surface area contributed by atoms with Gasteiger partial charge in [-0.25, -0.2) is 4.68 Å². The second-order valence-electron chi connectivity index (χ2n) is 7.54. The van der Waals surface area contributed by atoms with Crippen LogP contribution in [0.15, 0.2) is 41.3 Å². The van der Waals surface area contributed by atoms with E-state index in [2.05, 4.69) is 15.4 Å². The molecule has 7 nitrogen and oxygen atoms in total. The first-order chi connectivity index (χ1) is 13.7. The van der Waals surface area contributed by atoms with E-state index < -0.39 is 0 Å². The van der Waals surface area contributed by atoms with Gasteiger partial charge >= 0.3 is 0 Å². The van der Waals surface area contributed by atoms with Gasteiger partial charge in [0.15, 0.2) is 0 Å². The highest BCUT2D eigenvalue weighted by Gasteiger charge is 2.33. The standard InChI is InChI=1S/C21H22N4O3/c26-20-9-13-5-1-3-7-16(13)24-25(20)19-12-28-11-18(19)23-21(27)15-10-22-17-8-4-2-6-14(15)17/h2,4,6,8-10,18-19,22H,1,3,5,7,11-12H2,(H,23,27). The largest absolute Gasteiger partial charge is 0.377 e. The Hall–Kier alpha value is -2.93. The molecule has 1 amide bonds. The summed E-state index contributed by atoms with van der Waals surface area (Å²) < 4.78 is 7.12. The summed E-state index contributed by atoms with van der Waals surface area (Å²) in [6, 6.07) is 8.80. The van der Waals surface area contributed by atoms with Gasteiger partial charge in [-0.2, -0.15) is 5.10 Å². The molecule has 0 bridgehead atoms. The Morgan fingerprint density at radius 2 is 2.07 bits per heavy atom. The van der Waals surface area contributed by atoms with Crippen LogP contribution < -0.4 is 10.9 Å². The summed E-state index contributed by atoms with van der Waals surface area (Å²) in [5.41, 5.74) is 3.44. The van der Waals surface area contributed by atoms with E-state index in [9.17, 15) is 9.59 Å². The molecule has 1 aliphatic carbocycles. The number of rotatable bonds is 3. The van der Waals surface area contributed by atoms with Crippen LogP contribution in [0.5, 0.6) is 0 Å². The van der Waals surface area contributed by atoms with Crippen molar-refractivity contribution in [3.8, 4) is 0 Å². The average molecular weight is 378 g/mol. The molecule has 1 fully saturated rings. The fourth-order valence-corrected chi connectivity index (χ4v) is 4.24. The predicted molar refractivity (Wildman–Crippen MR) is 105 cm³/mol. The van der Waals surface area contributed by atoms with E-state index in [1.807, 2.05) is 24.3 Å². The third-order valence-electron chi connectivity index (χ3n) is 5.75. The van der Waals surface area contributed by atoms with E-state index >= 15 is 0 Å². The number of carbonyl (C=O) groups excluding carboxylic acids is 1. The van der Waals surface area contributed by atoms with Crippen LogP contribution in [-0.2, 0) is 17.6 Å². The maximum absolute atomic E-state index is 12.9. The zero-order valence-corrected chi connectivity index (χ0v) is 15.5. The Balaban J connectivity index is 1.42. The number of ether oxygens (including phenoxy) is 1. The van der Waals surface area contributed by atoms with Crippen LogP contribution in [0.3, 0.4) is 0 Å². The molecule has 3 aromatic rings. The van der Waals surface area contributed by atoms with Gasteiger partial charge < -0.3 is 15.0 Å². The number of H-pyrrole nitrogens is 1. The van der Waals surface area contributed by atoms with Crippen LogP contribution in [-0.4, -0.2) is 39.9 Å². The molecule has 0 saturated carbocycles. The molecule has 144 valence electrons. The lowest BCUT2D eigenvalue weighted by atomic mass is 9.97. The second-order valence-corrected chi connectivity index (χ2v) is 7.54. The SMILES string of the molecule is O=C(NC1COCC1n1nc2c(cc1=O)CCCC2)c1c[nH]c2ccccc12. The van der Waals surface area contributed by atoms with Crippen LogP contribution in [0, 0.1) is 0 Å². The first-order valence-corrected chi connectivity index (χ1v) is 9.77. The van der Waals surface area contributed by atoms with Crippen molar-refractivity contribution in [1.82, 2.24) is 20.1 Å². The van der Waals surface area contributed by atoms with Crippen molar-refractivity contribution in [2.24, 2.45) is 0 Å². The Bertz CT molecular complexity index is 1100. The normalized spacial score (nSPS) is 21.6. The summed E-state index contributed by atoms with van der Waals surface area (Å²) >= 11 is 0. The summed E-state index contributed by atoms with van der Waals surface area (Å²) in [5, 5.41) is 8.55. The quantitative estimate of drug-likeness (QED) is 0.729. The third-order valence-corrected chi connectivity index (χ3v) is 5.75. The molecule has 2 unspecified atom stereocenters. The molecule has 2 atom stereocenters. The van der Waals surface area contributed by atoms with Crippen LogP contribution in [0.1, 0.15) is 40.5 Å². The van der Waals surface area contributed by atoms with Crippen molar-refractivity contribution in [3.63, 3.8) is 0 Å². The van der Waals surface area contributed by atoms with E-state index in [0.29, 0.717) is 18.8 Å². The van der Waals surface area contributed by atoms with Crippen molar-refractivity contribution >= 4 is 16.8 Å². The Kier molecular flexibility index (Phi) is 4.24. The zero-order chi connectivity index (χ0) is 19.1. The minimum Gasteiger partial charge on any atom is -0.377 e. The number of hydrogen-bond acceptors (Lipinski definition) is 4. The van der Waals surface area contributed by atoms with Gasteiger partial charge in [0.25, 0.3) is 11.5 Å². The van der Waals surface area contributed by atoms with E-state index in [-0.39, 0.29) is 23.6 Å². The average Bonchev–Trinajstić information content (AvgIpc) is 3.34. The van der Waals surface area contributed by atoms with Gasteiger partial charge in [-0.3, -0.25) is 9.59 Å². The van der Waals surface area contributed by atoms with Gasteiger partial charge in [-0.05, 0) is 37.3 Å². The highest BCUT2D eigenvalue weighted by molar-refractivity contribution is 6.06. The van der Waals surface area contributed by atoms with Crippen molar-refractivity contribution < 1.29 is 9.53 Å². The number of nitrogens with zero attached hydrogens (tertiary/aromatic N) is 2. The summed E-state index contributed by atoms with van der Waals surface area (Å²) in [4.78, 5) is 28.6. The molecule has 3 heterocycles. The zero-order valence-electron chi connectivity index (χ0n) is 15.5. The number of hydrogen-bond donors (Lipinski definition) is 2. The molecule has 2 aliphatic rings. The number of amides is 1. The van der Waals surface area contributed by atoms with Crippen molar-refractivity contribution in [2.45, 2.75) is 37.8 Å². The van der Waals surface area contributed by atoms with Gasteiger partial charge in [0.1, 0.15) is 6.04 Å². The molecule has 28 heavy (non-hydrogen) atoms. The molecular formula is C21H22N4O3. The first kappa shape index (κ1) is 17.2. The van der Waals surface area contributed by atoms with E-state index in [0.717, 1.165) is 47.8 Å². The first-order valence-electron chi connectivity index (χ1n) is 9.77. The number of fused-ring (bicyclic) bond motifs is 2. The molecule has 0 spiro atoms. The van der Waals surface area contributed by atoms with E-state index in [1.54, 1.807) is 12.3 Å². The number of carbonyl (C=O) groups is 1. The highest BCUT2D eigenvalue weighted by Crippen LogP contribution is 2.23. The van der Waals surface area contributed by atoms with E-state index in [1.165, 1.54) is 4.68 Å². The number of aryl methyl sites for hydroxylation is 2. The molecule has 1 aliphatic heterocycles. The lowest BCUT2D eigenvalue weighted by molar-refractivity contribution is 0.0926. The minimum absolute atomic E-state index is 0.123. The molecule has 1 saturated heterocycles. The predicted octanol–water partition coefficient (Wildman–Crippen LogP) is 1.97. The summed E-state index contributed by atoms with van der Waals surface area (Å²) in [5.74, 6) is -0.177. The molecule has 5 rings (SSSR count). The molecular weight excluding hydrogens is 356 g/mol.